The van der Waals surface area contributed by atoms with E-state index in [1.54, 1.807) is 34.9 Å². The molecule has 2 aliphatic rings. The fraction of sp³-hybridized carbons (Fsp3) is 0.381. The van der Waals surface area contributed by atoms with Gasteiger partial charge in [-0.3, -0.25) is 9.69 Å². The summed E-state index contributed by atoms with van der Waals surface area (Å²) in [6.45, 7) is 4.03. The zero-order valence-electron chi connectivity index (χ0n) is 15.6. The number of hydrogen-bond acceptors (Lipinski definition) is 5. The zero-order valence-corrected chi connectivity index (χ0v) is 16.4. The fourth-order valence-electron chi connectivity index (χ4n) is 3.82. The standard InChI is InChI=1S/C21H24FN3O2S/c22-17-6-2-1-5-16(17)21-25(13-14-28-21)20(27)15-23-9-11-24(12-10-23)18-7-3-4-8-19(18)26/h1-8,21,26H,9-15H2/t21-/m0/s1. The number of piperazine rings is 1. The van der Waals surface area contributed by atoms with E-state index in [4.69, 9.17) is 0 Å². The molecule has 2 heterocycles. The summed E-state index contributed by atoms with van der Waals surface area (Å²) < 4.78 is 14.2. The molecule has 0 unspecified atom stereocenters. The molecule has 4 rings (SSSR count). The molecular weight excluding hydrogens is 377 g/mol. The smallest absolute Gasteiger partial charge is 0.237 e. The predicted molar refractivity (Wildman–Crippen MR) is 110 cm³/mol. The van der Waals surface area contributed by atoms with Gasteiger partial charge in [0.1, 0.15) is 16.9 Å². The molecule has 28 heavy (non-hydrogen) atoms. The first-order valence-electron chi connectivity index (χ1n) is 9.54. The molecule has 2 aromatic carbocycles. The van der Waals surface area contributed by atoms with Gasteiger partial charge in [0, 0.05) is 44.0 Å². The molecule has 0 bridgehead atoms. The number of hydrogen-bond donors (Lipinski definition) is 1. The van der Waals surface area contributed by atoms with Gasteiger partial charge in [0.25, 0.3) is 0 Å². The average molecular weight is 402 g/mol. The molecule has 148 valence electrons. The number of nitrogens with zero attached hydrogens (tertiary/aromatic N) is 3. The number of benzene rings is 2. The van der Waals surface area contributed by atoms with E-state index < -0.39 is 0 Å². The number of halogens is 1. The highest BCUT2D eigenvalue weighted by atomic mass is 32.2. The van der Waals surface area contributed by atoms with Gasteiger partial charge >= 0.3 is 0 Å². The first kappa shape index (κ1) is 19.1. The lowest BCUT2D eigenvalue weighted by atomic mass is 10.2. The first-order chi connectivity index (χ1) is 13.6. The molecule has 2 aliphatic heterocycles. The van der Waals surface area contributed by atoms with Crippen LogP contribution in [0.15, 0.2) is 48.5 Å². The molecular formula is C21H24FN3O2S. The first-order valence-corrected chi connectivity index (χ1v) is 10.6. The molecule has 1 atom stereocenters. The molecule has 7 heteroatoms. The number of thioether (sulfide) groups is 1. The van der Waals surface area contributed by atoms with E-state index >= 15 is 0 Å². The van der Waals surface area contributed by atoms with Crippen molar-refractivity contribution in [3.63, 3.8) is 0 Å². The Balaban J connectivity index is 1.36. The third kappa shape index (κ3) is 3.95. The Bertz CT molecular complexity index is 842. The monoisotopic (exact) mass is 401 g/mol. The van der Waals surface area contributed by atoms with Crippen molar-refractivity contribution in [2.45, 2.75) is 5.37 Å². The SMILES string of the molecule is O=C(CN1CCN(c2ccccc2O)CC1)N1CCS[C@H]1c1ccccc1F. The number of aromatic hydroxyl groups is 1. The topological polar surface area (TPSA) is 47.0 Å². The molecule has 0 radical (unpaired) electrons. The highest BCUT2D eigenvalue weighted by molar-refractivity contribution is 7.99. The molecule has 0 saturated carbocycles. The van der Waals surface area contributed by atoms with Crippen LogP contribution in [0.25, 0.3) is 0 Å². The molecule has 2 saturated heterocycles. The van der Waals surface area contributed by atoms with Crippen molar-refractivity contribution in [3.05, 3.63) is 59.9 Å². The third-order valence-electron chi connectivity index (χ3n) is 5.34. The van der Waals surface area contributed by atoms with Gasteiger partial charge in [0.15, 0.2) is 0 Å². The third-order valence-corrected chi connectivity index (χ3v) is 6.58. The summed E-state index contributed by atoms with van der Waals surface area (Å²) >= 11 is 1.62. The number of anilines is 1. The maximum absolute atomic E-state index is 14.2. The van der Waals surface area contributed by atoms with Crippen molar-refractivity contribution < 1.29 is 14.3 Å². The van der Waals surface area contributed by atoms with E-state index in [0.29, 0.717) is 18.7 Å². The predicted octanol–water partition coefficient (Wildman–Crippen LogP) is 2.93. The minimum Gasteiger partial charge on any atom is -0.506 e. The number of para-hydroxylation sites is 2. The molecule has 0 aliphatic carbocycles. The van der Waals surface area contributed by atoms with Crippen molar-refractivity contribution in [2.24, 2.45) is 0 Å². The summed E-state index contributed by atoms with van der Waals surface area (Å²) in [7, 11) is 0. The molecule has 0 aromatic heterocycles. The van der Waals surface area contributed by atoms with E-state index in [-0.39, 0.29) is 22.8 Å². The number of phenols is 1. The Kier molecular flexibility index (Phi) is 5.73. The van der Waals surface area contributed by atoms with Gasteiger partial charge in [0.2, 0.25) is 5.91 Å². The molecule has 0 spiro atoms. The van der Waals surface area contributed by atoms with Gasteiger partial charge in [-0.15, -0.1) is 11.8 Å². The van der Waals surface area contributed by atoms with Gasteiger partial charge < -0.3 is 14.9 Å². The van der Waals surface area contributed by atoms with Crippen LogP contribution < -0.4 is 4.90 Å². The second-order valence-corrected chi connectivity index (χ2v) is 8.27. The maximum atomic E-state index is 14.2. The largest absolute Gasteiger partial charge is 0.506 e. The summed E-state index contributed by atoms with van der Waals surface area (Å²) in [6.07, 6.45) is 0. The van der Waals surface area contributed by atoms with E-state index in [2.05, 4.69) is 9.80 Å². The summed E-state index contributed by atoms with van der Waals surface area (Å²) in [5.41, 5.74) is 1.42. The van der Waals surface area contributed by atoms with E-state index in [9.17, 15) is 14.3 Å². The molecule has 2 aromatic rings. The molecule has 2 fully saturated rings. The van der Waals surface area contributed by atoms with Crippen LogP contribution in [0, 0.1) is 5.82 Å². The number of carbonyl (C=O) groups is 1. The van der Waals surface area contributed by atoms with Crippen LogP contribution in [0.3, 0.4) is 0 Å². The quantitative estimate of drug-likeness (QED) is 0.854. The van der Waals surface area contributed by atoms with Crippen LogP contribution in [0.2, 0.25) is 0 Å². The van der Waals surface area contributed by atoms with Gasteiger partial charge in [-0.2, -0.15) is 0 Å². The minimum absolute atomic E-state index is 0.0502. The Morgan fingerprint density at radius 3 is 2.50 bits per heavy atom. The summed E-state index contributed by atoms with van der Waals surface area (Å²) in [6, 6.07) is 14.0. The van der Waals surface area contributed by atoms with Crippen LogP contribution in [0.1, 0.15) is 10.9 Å². The average Bonchev–Trinajstić information content (AvgIpc) is 3.19. The van der Waals surface area contributed by atoms with E-state index in [1.165, 1.54) is 6.07 Å². The number of amides is 1. The van der Waals surface area contributed by atoms with Crippen LogP contribution in [0.5, 0.6) is 5.75 Å². The molecule has 5 nitrogen and oxygen atoms in total. The van der Waals surface area contributed by atoms with Gasteiger partial charge in [-0.1, -0.05) is 30.3 Å². The van der Waals surface area contributed by atoms with Gasteiger partial charge in [-0.25, -0.2) is 4.39 Å². The number of phenolic OH excluding ortho intramolecular Hbond substituents is 1. The summed E-state index contributed by atoms with van der Waals surface area (Å²) in [4.78, 5) is 19.0. The normalized spacial score (nSPS) is 20.5. The van der Waals surface area contributed by atoms with Crippen molar-refractivity contribution in [3.8, 4) is 5.75 Å². The lowest BCUT2D eigenvalue weighted by molar-refractivity contribution is -0.132. The molecule has 1 amide bonds. The highest BCUT2D eigenvalue weighted by Gasteiger charge is 2.33. The van der Waals surface area contributed by atoms with Crippen molar-refractivity contribution in [2.75, 3.05) is 49.9 Å². The zero-order chi connectivity index (χ0) is 19.5. The Morgan fingerprint density at radius 1 is 1.04 bits per heavy atom. The van der Waals surface area contributed by atoms with Crippen molar-refractivity contribution >= 4 is 23.4 Å². The van der Waals surface area contributed by atoms with Crippen LogP contribution in [-0.4, -0.2) is 65.8 Å². The summed E-state index contributed by atoms with van der Waals surface area (Å²) in [5, 5.41) is 9.79. The highest BCUT2D eigenvalue weighted by Crippen LogP contribution is 2.39. The van der Waals surface area contributed by atoms with Crippen molar-refractivity contribution in [1.29, 1.82) is 0 Å². The summed E-state index contributed by atoms with van der Waals surface area (Å²) in [5.74, 6) is 0.908. The Hall–Kier alpha value is -2.25. The maximum Gasteiger partial charge on any atom is 0.237 e. The van der Waals surface area contributed by atoms with Crippen LogP contribution in [-0.2, 0) is 4.79 Å². The van der Waals surface area contributed by atoms with Crippen LogP contribution >= 0.6 is 11.8 Å². The van der Waals surface area contributed by atoms with E-state index in [0.717, 1.165) is 37.6 Å². The second-order valence-electron chi connectivity index (χ2n) is 7.08. The minimum atomic E-state index is -0.254. The Morgan fingerprint density at radius 2 is 1.75 bits per heavy atom. The Labute approximate surface area is 168 Å². The van der Waals surface area contributed by atoms with E-state index in [1.807, 2.05) is 24.3 Å². The number of rotatable bonds is 4. The lowest BCUT2D eigenvalue weighted by Crippen LogP contribution is -2.50. The van der Waals surface area contributed by atoms with Gasteiger partial charge in [-0.05, 0) is 18.2 Å². The van der Waals surface area contributed by atoms with Gasteiger partial charge in [0.05, 0.1) is 12.2 Å². The number of carbonyl (C=O) groups excluding carboxylic acids is 1. The lowest BCUT2D eigenvalue weighted by Gasteiger charge is -2.37. The fourth-order valence-corrected chi connectivity index (χ4v) is 5.12. The second kappa shape index (κ2) is 8.41. The van der Waals surface area contributed by atoms with Crippen molar-refractivity contribution in [1.82, 2.24) is 9.80 Å². The molecule has 1 N–H and O–H groups in total. The van der Waals surface area contributed by atoms with Crippen LogP contribution in [0.4, 0.5) is 10.1 Å².